The third-order valence-corrected chi connectivity index (χ3v) is 10.5. The molecule has 1 amide bonds. The van der Waals surface area contributed by atoms with Gasteiger partial charge in [0, 0.05) is 28.5 Å². The van der Waals surface area contributed by atoms with Gasteiger partial charge in [0.25, 0.3) is 0 Å². The Hall–Kier alpha value is -8.92. The number of methoxy groups -OCH3 is 2. The number of primary amides is 1. The summed E-state index contributed by atoms with van der Waals surface area (Å²) in [5.74, 6) is 1.51. The zero-order chi connectivity index (χ0) is 42.2. The lowest BCUT2D eigenvalue weighted by molar-refractivity contribution is 0.100. The minimum Gasteiger partial charge on any atom is -0.495 e. The van der Waals surface area contributed by atoms with E-state index >= 15 is 0 Å². The Morgan fingerprint density at radius 3 is 1.87 bits per heavy atom. The van der Waals surface area contributed by atoms with E-state index in [0.717, 1.165) is 22.3 Å². The van der Waals surface area contributed by atoms with E-state index in [1.807, 2.05) is 84.9 Å². The molecule has 0 radical (unpaired) electrons. The minimum atomic E-state index is -0.550. The number of hydrogen-bond acceptors (Lipinski definition) is 12. The Labute approximate surface area is 352 Å². The minimum absolute atomic E-state index is 0.345. The van der Waals surface area contributed by atoms with E-state index in [-0.39, 0.29) is 0 Å². The van der Waals surface area contributed by atoms with E-state index in [1.165, 1.54) is 12.7 Å². The molecule has 0 saturated carbocycles. The molecular formula is C46H35N13O3. The van der Waals surface area contributed by atoms with E-state index in [9.17, 15) is 4.79 Å². The van der Waals surface area contributed by atoms with E-state index in [4.69, 9.17) is 30.4 Å². The van der Waals surface area contributed by atoms with Crippen LogP contribution in [0.2, 0.25) is 0 Å². The monoisotopic (exact) mass is 817 g/mol. The van der Waals surface area contributed by atoms with Crippen molar-refractivity contribution in [2.24, 2.45) is 5.73 Å². The third kappa shape index (κ3) is 6.72. The molecule has 0 spiro atoms. The predicted molar refractivity (Wildman–Crippen MR) is 237 cm³/mol. The van der Waals surface area contributed by atoms with Crippen LogP contribution in [0.4, 0.5) is 23.0 Å². The van der Waals surface area contributed by atoms with Crippen LogP contribution < -0.4 is 25.8 Å². The van der Waals surface area contributed by atoms with Crippen LogP contribution in [-0.2, 0) is 0 Å². The summed E-state index contributed by atoms with van der Waals surface area (Å²) in [7, 11) is 3.23. The fourth-order valence-electron chi connectivity index (χ4n) is 7.59. The lowest BCUT2D eigenvalue weighted by Crippen LogP contribution is -2.10. The third-order valence-electron chi connectivity index (χ3n) is 10.5. The Kier molecular flexibility index (Phi) is 9.45. The number of rotatable bonds is 12. The predicted octanol–water partition coefficient (Wildman–Crippen LogP) is 8.68. The summed E-state index contributed by atoms with van der Waals surface area (Å²) in [5.41, 5.74) is 15.7. The molecule has 10 rings (SSSR count). The highest BCUT2D eigenvalue weighted by atomic mass is 16.5. The maximum atomic E-state index is 12.1. The molecule has 0 bridgehead atoms. The van der Waals surface area contributed by atoms with E-state index in [1.54, 1.807) is 38.6 Å². The smallest absolute Gasteiger partial charge is 0.248 e. The lowest BCUT2D eigenvalue weighted by Gasteiger charge is -2.18. The molecule has 0 fully saturated rings. The van der Waals surface area contributed by atoms with Crippen LogP contribution in [-0.4, -0.2) is 70.7 Å². The Bertz CT molecular complexity index is 3270. The van der Waals surface area contributed by atoms with E-state index in [2.05, 4.69) is 58.1 Å². The van der Waals surface area contributed by atoms with Gasteiger partial charge < -0.3 is 25.8 Å². The van der Waals surface area contributed by atoms with Crippen molar-refractivity contribution in [2.75, 3.05) is 24.9 Å². The summed E-state index contributed by atoms with van der Waals surface area (Å²) >= 11 is 0. The van der Waals surface area contributed by atoms with Crippen molar-refractivity contribution in [1.29, 1.82) is 0 Å². The van der Waals surface area contributed by atoms with Gasteiger partial charge in [-0.2, -0.15) is 15.3 Å². The number of anilines is 4. The van der Waals surface area contributed by atoms with Crippen LogP contribution in [0.3, 0.4) is 0 Å². The average molecular weight is 818 g/mol. The standard InChI is InChI=1S/C46H35N13O3/c1-61-35-17-16-27(25-10-5-3-6-11-25)20-33(35)53-44-37-40(57-59-46(37)51-24-49-44)32-22-52-55-39(32)31-19-30(26-12-7-4-8-13-26)21-34(41(31)62-2)54-43-36-38(56-58-45(36)50-23-48-43)28-14-9-15-29(18-28)42(47)60/h3-24H,1-2H3,(H2,47,60)(H,52,55)(H2,48,50,54,56,58)(H2,49,51,53,57,59). The number of nitrogens with two attached hydrogens (primary N) is 1. The van der Waals surface area contributed by atoms with Crippen molar-refractivity contribution in [3.63, 3.8) is 0 Å². The maximum Gasteiger partial charge on any atom is 0.248 e. The second-order valence-electron chi connectivity index (χ2n) is 14.1. The average Bonchev–Trinajstić information content (AvgIpc) is 4.09. The summed E-state index contributed by atoms with van der Waals surface area (Å²) in [6.07, 6.45) is 4.70. The van der Waals surface area contributed by atoms with Crippen LogP contribution in [0.5, 0.6) is 11.5 Å². The van der Waals surface area contributed by atoms with Gasteiger partial charge in [-0.05, 0) is 58.7 Å². The Morgan fingerprint density at radius 2 is 1.19 bits per heavy atom. The van der Waals surface area contributed by atoms with Gasteiger partial charge in [0.1, 0.15) is 47.1 Å². The summed E-state index contributed by atoms with van der Waals surface area (Å²) in [6, 6.07) is 37.0. The molecule has 5 aromatic heterocycles. The Balaban J connectivity index is 1.11. The topological polar surface area (TPSA) is 223 Å². The molecule has 0 saturated heterocycles. The molecule has 0 aliphatic carbocycles. The van der Waals surface area contributed by atoms with Crippen molar-refractivity contribution in [1.82, 2.24) is 50.5 Å². The molecule has 5 heterocycles. The number of nitrogens with one attached hydrogen (secondary N) is 5. The molecular weight excluding hydrogens is 783 g/mol. The molecule has 16 nitrogen and oxygen atoms in total. The van der Waals surface area contributed by atoms with Crippen molar-refractivity contribution >= 4 is 51.0 Å². The first-order valence-corrected chi connectivity index (χ1v) is 19.3. The number of nitrogens with zero attached hydrogens (tertiary/aromatic N) is 7. The van der Waals surface area contributed by atoms with Gasteiger partial charge in [-0.25, -0.2) is 19.9 Å². The van der Waals surface area contributed by atoms with Crippen LogP contribution in [0.25, 0.3) is 78.1 Å². The molecule has 0 atom stereocenters. The van der Waals surface area contributed by atoms with Gasteiger partial charge in [0.05, 0.1) is 36.4 Å². The first-order valence-electron chi connectivity index (χ1n) is 19.3. The number of aromatic nitrogens is 10. The number of amides is 1. The highest BCUT2D eigenvalue weighted by Crippen LogP contribution is 2.46. The number of hydrogen-bond donors (Lipinski definition) is 6. The van der Waals surface area contributed by atoms with E-state index in [0.29, 0.717) is 95.9 Å². The van der Waals surface area contributed by atoms with Gasteiger partial charge in [-0.1, -0.05) is 78.9 Å². The maximum absolute atomic E-state index is 12.1. The number of carbonyl (C=O) groups excluding carboxylic acids is 1. The van der Waals surface area contributed by atoms with Crippen LogP contribution >= 0.6 is 0 Å². The molecule has 62 heavy (non-hydrogen) atoms. The number of fused-ring (bicyclic) bond motifs is 2. The molecule has 0 unspecified atom stereocenters. The van der Waals surface area contributed by atoms with Crippen LogP contribution in [0.1, 0.15) is 10.4 Å². The number of carbonyl (C=O) groups is 1. The zero-order valence-corrected chi connectivity index (χ0v) is 33.1. The van der Waals surface area contributed by atoms with Crippen molar-refractivity contribution in [2.45, 2.75) is 0 Å². The summed E-state index contributed by atoms with van der Waals surface area (Å²) in [5, 5.41) is 31.6. The van der Waals surface area contributed by atoms with Crippen molar-refractivity contribution in [3.05, 3.63) is 140 Å². The van der Waals surface area contributed by atoms with Crippen LogP contribution in [0.15, 0.2) is 134 Å². The Morgan fingerprint density at radius 1 is 0.565 bits per heavy atom. The zero-order valence-electron chi connectivity index (χ0n) is 33.1. The summed E-state index contributed by atoms with van der Waals surface area (Å²) in [4.78, 5) is 30.4. The number of aromatic amines is 3. The van der Waals surface area contributed by atoms with Gasteiger partial charge in [0.2, 0.25) is 5.91 Å². The fourth-order valence-corrected chi connectivity index (χ4v) is 7.59. The first-order chi connectivity index (χ1) is 30.5. The quantitative estimate of drug-likeness (QED) is 0.0681. The lowest BCUT2D eigenvalue weighted by atomic mass is 9.96. The molecule has 10 aromatic rings. The van der Waals surface area contributed by atoms with Crippen molar-refractivity contribution in [3.8, 4) is 67.5 Å². The van der Waals surface area contributed by atoms with Crippen LogP contribution in [0, 0.1) is 0 Å². The first kappa shape index (κ1) is 37.4. The van der Waals surface area contributed by atoms with Gasteiger partial charge in [0.15, 0.2) is 17.0 Å². The van der Waals surface area contributed by atoms with Gasteiger partial charge >= 0.3 is 0 Å². The van der Waals surface area contributed by atoms with Gasteiger partial charge in [-0.15, -0.1) is 0 Å². The summed E-state index contributed by atoms with van der Waals surface area (Å²) < 4.78 is 12.0. The normalized spacial score (nSPS) is 11.2. The molecule has 302 valence electrons. The van der Waals surface area contributed by atoms with Crippen molar-refractivity contribution < 1.29 is 14.3 Å². The number of ether oxygens (including phenoxy) is 2. The number of H-pyrrole nitrogens is 3. The second-order valence-corrected chi connectivity index (χ2v) is 14.1. The molecule has 0 aliphatic heterocycles. The van der Waals surface area contributed by atoms with Gasteiger partial charge in [-0.3, -0.25) is 20.1 Å². The summed E-state index contributed by atoms with van der Waals surface area (Å²) in [6.45, 7) is 0. The molecule has 5 aromatic carbocycles. The SMILES string of the molecule is COc1ccc(-c2ccccc2)cc1Nc1ncnc2[nH]nc(-c3c[nH]nc3-c3cc(-c4ccccc4)cc(Nc4ncnc5[nH]nc(-c6cccc(C(N)=O)c6)c45)c3OC)c12. The second kappa shape index (κ2) is 15.7. The molecule has 16 heteroatoms. The fraction of sp³-hybridized carbons (Fsp3) is 0.0435. The number of benzene rings is 5. The molecule has 7 N–H and O–H groups in total. The van der Waals surface area contributed by atoms with E-state index < -0.39 is 5.91 Å². The largest absolute Gasteiger partial charge is 0.495 e. The highest BCUT2D eigenvalue weighted by Gasteiger charge is 2.26. The highest BCUT2D eigenvalue weighted by molar-refractivity contribution is 6.05. The molecule has 0 aliphatic rings.